The van der Waals surface area contributed by atoms with Crippen molar-refractivity contribution in [3.05, 3.63) is 52.9 Å². The average molecular weight is 346 g/mol. The molecule has 1 saturated heterocycles. The summed E-state index contributed by atoms with van der Waals surface area (Å²) in [6, 6.07) is 7.31. The molecule has 6 nitrogen and oxygen atoms in total. The number of carbonyl (C=O) groups excluding carboxylic acids is 1. The van der Waals surface area contributed by atoms with Crippen molar-refractivity contribution in [1.82, 2.24) is 20.2 Å². The molecule has 2 aromatic rings. The van der Waals surface area contributed by atoms with Crippen LogP contribution < -0.4 is 11.1 Å². The summed E-state index contributed by atoms with van der Waals surface area (Å²) in [5.74, 6) is 0.0957. The van der Waals surface area contributed by atoms with E-state index in [-0.39, 0.29) is 22.9 Å². The summed E-state index contributed by atoms with van der Waals surface area (Å²) in [7, 11) is 0. The monoisotopic (exact) mass is 345 g/mol. The Hall–Kier alpha value is -2.18. The lowest BCUT2D eigenvalue weighted by Crippen LogP contribution is -2.44. The van der Waals surface area contributed by atoms with Gasteiger partial charge in [0.2, 0.25) is 0 Å². The zero-order valence-corrected chi connectivity index (χ0v) is 14.0. The van der Waals surface area contributed by atoms with E-state index < -0.39 is 0 Å². The molecular formula is C17H20ClN5O. The molecule has 24 heavy (non-hydrogen) atoms. The smallest absolute Gasteiger partial charge is 0.251 e. The highest BCUT2D eigenvalue weighted by Gasteiger charge is 2.21. The van der Waals surface area contributed by atoms with Crippen LogP contribution in [0.5, 0.6) is 0 Å². The molecule has 1 amide bonds. The van der Waals surface area contributed by atoms with Crippen molar-refractivity contribution in [2.24, 2.45) is 0 Å². The van der Waals surface area contributed by atoms with E-state index in [1.54, 1.807) is 6.07 Å². The second kappa shape index (κ2) is 7.59. The van der Waals surface area contributed by atoms with Gasteiger partial charge in [-0.05, 0) is 42.7 Å². The number of hydrogen-bond donors (Lipinski definition) is 2. The van der Waals surface area contributed by atoms with E-state index in [1.807, 2.05) is 24.5 Å². The van der Waals surface area contributed by atoms with E-state index in [0.717, 1.165) is 32.5 Å². The Morgan fingerprint density at radius 3 is 2.67 bits per heavy atom. The fraction of sp³-hybridized carbons (Fsp3) is 0.353. The third-order valence-corrected chi connectivity index (χ3v) is 4.35. The summed E-state index contributed by atoms with van der Waals surface area (Å²) in [5.41, 5.74) is 7.34. The van der Waals surface area contributed by atoms with Gasteiger partial charge in [-0.25, -0.2) is 4.98 Å². The van der Waals surface area contributed by atoms with Gasteiger partial charge in [-0.1, -0.05) is 11.6 Å². The van der Waals surface area contributed by atoms with Crippen LogP contribution in [0.3, 0.4) is 0 Å². The number of amides is 1. The molecule has 0 aliphatic carbocycles. The van der Waals surface area contributed by atoms with Gasteiger partial charge < -0.3 is 11.1 Å². The van der Waals surface area contributed by atoms with Crippen LogP contribution in [-0.2, 0) is 6.54 Å². The summed E-state index contributed by atoms with van der Waals surface area (Å²) in [4.78, 5) is 22.6. The molecule has 3 rings (SSSR count). The van der Waals surface area contributed by atoms with Crippen LogP contribution in [0.1, 0.15) is 28.8 Å². The van der Waals surface area contributed by atoms with Crippen molar-refractivity contribution in [3.8, 4) is 0 Å². The van der Waals surface area contributed by atoms with Gasteiger partial charge in [0.1, 0.15) is 11.0 Å². The maximum absolute atomic E-state index is 12.3. The summed E-state index contributed by atoms with van der Waals surface area (Å²) in [6.07, 6.45) is 5.47. The van der Waals surface area contributed by atoms with Gasteiger partial charge in [0.25, 0.3) is 5.91 Å². The number of pyridine rings is 2. The number of nitrogen functional groups attached to an aromatic ring is 1. The molecule has 1 aliphatic rings. The molecule has 3 heterocycles. The molecule has 1 aliphatic heterocycles. The molecule has 3 N–H and O–H groups in total. The minimum absolute atomic E-state index is 0.154. The van der Waals surface area contributed by atoms with E-state index in [1.165, 1.54) is 11.6 Å². The van der Waals surface area contributed by atoms with E-state index >= 15 is 0 Å². The van der Waals surface area contributed by atoms with E-state index in [2.05, 4.69) is 20.2 Å². The van der Waals surface area contributed by atoms with Crippen molar-refractivity contribution in [3.63, 3.8) is 0 Å². The lowest BCUT2D eigenvalue weighted by atomic mass is 10.0. The van der Waals surface area contributed by atoms with Crippen molar-refractivity contribution in [2.75, 3.05) is 18.8 Å². The zero-order valence-electron chi connectivity index (χ0n) is 13.3. The number of nitrogens with one attached hydrogen (secondary N) is 1. The van der Waals surface area contributed by atoms with Crippen LogP contribution in [0.4, 0.5) is 5.82 Å². The maximum Gasteiger partial charge on any atom is 0.251 e. The van der Waals surface area contributed by atoms with Gasteiger partial charge in [-0.3, -0.25) is 14.7 Å². The number of nitrogens with two attached hydrogens (primary N) is 1. The number of carbonyl (C=O) groups is 1. The Kier molecular flexibility index (Phi) is 5.27. The van der Waals surface area contributed by atoms with Crippen LogP contribution in [-0.4, -0.2) is 39.9 Å². The van der Waals surface area contributed by atoms with Crippen molar-refractivity contribution >= 4 is 23.3 Å². The Labute approximate surface area is 146 Å². The van der Waals surface area contributed by atoms with Crippen LogP contribution >= 0.6 is 11.6 Å². The van der Waals surface area contributed by atoms with Gasteiger partial charge in [0.05, 0.1) is 0 Å². The molecule has 1 fully saturated rings. The number of piperidine rings is 1. The Balaban J connectivity index is 1.51. The first-order valence-corrected chi connectivity index (χ1v) is 8.33. The molecule has 0 atom stereocenters. The van der Waals surface area contributed by atoms with E-state index in [4.69, 9.17) is 17.3 Å². The second-order valence-corrected chi connectivity index (χ2v) is 6.37. The number of halogens is 1. The molecular weight excluding hydrogens is 326 g/mol. The largest absolute Gasteiger partial charge is 0.384 e. The van der Waals surface area contributed by atoms with E-state index in [0.29, 0.717) is 5.56 Å². The fourth-order valence-electron chi connectivity index (χ4n) is 2.90. The molecule has 0 bridgehead atoms. The van der Waals surface area contributed by atoms with Gasteiger partial charge in [-0.15, -0.1) is 0 Å². The first-order chi connectivity index (χ1) is 11.6. The van der Waals surface area contributed by atoms with E-state index in [9.17, 15) is 4.79 Å². The number of rotatable bonds is 4. The topological polar surface area (TPSA) is 84.1 Å². The summed E-state index contributed by atoms with van der Waals surface area (Å²) in [5, 5.41) is 3.29. The van der Waals surface area contributed by atoms with Gasteiger partial charge in [-0.2, -0.15) is 0 Å². The zero-order chi connectivity index (χ0) is 16.9. The quantitative estimate of drug-likeness (QED) is 0.829. The predicted molar refractivity (Wildman–Crippen MR) is 93.7 cm³/mol. The average Bonchev–Trinajstić information content (AvgIpc) is 2.57. The number of nitrogens with zero attached hydrogens (tertiary/aromatic N) is 3. The lowest BCUT2D eigenvalue weighted by molar-refractivity contribution is 0.0909. The summed E-state index contributed by atoms with van der Waals surface area (Å²) >= 11 is 5.85. The van der Waals surface area contributed by atoms with Crippen molar-refractivity contribution in [2.45, 2.75) is 25.4 Å². The normalized spacial score (nSPS) is 16.0. The van der Waals surface area contributed by atoms with Crippen molar-refractivity contribution in [1.29, 1.82) is 0 Å². The van der Waals surface area contributed by atoms with Crippen molar-refractivity contribution < 1.29 is 4.79 Å². The first-order valence-electron chi connectivity index (χ1n) is 7.95. The maximum atomic E-state index is 12.3. The van der Waals surface area contributed by atoms with Crippen LogP contribution in [0.25, 0.3) is 0 Å². The highest BCUT2D eigenvalue weighted by Crippen LogP contribution is 2.16. The third kappa shape index (κ3) is 4.43. The molecule has 7 heteroatoms. The Bertz CT molecular complexity index is 681. The van der Waals surface area contributed by atoms with Crippen LogP contribution in [0, 0.1) is 0 Å². The third-order valence-electron chi connectivity index (χ3n) is 4.15. The first kappa shape index (κ1) is 16.7. The predicted octanol–water partition coefficient (Wildman–Crippen LogP) is 2.11. The second-order valence-electron chi connectivity index (χ2n) is 5.98. The summed E-state index contributed by atoms with van der Waals surface area (Å²) in [6.45, 7) is 2.82. The minimum atomic E-state index is -0.154. The Morgan fingerprint density at radius 1 is 1.29 bits per heavy atom. The van der Waals surface area contributed by atoms with Gasteiger partial charge in [0.15, 0.2) is 0 Å². The molecule has 0 unspecified atom stereocenters. The standard InChI is InChI=1S/C17H20ClN5O/c18-15-9-13(10-16(19)22-15)17(24)21-14-3-7-23(8-4-14)11-12-1-5-20-6-2-12/h1-2,5-6,9-10,14H,3-4,7-8,11H2,(H2,19,22)(H,21,24). The number of anilines is 1. The van der Waals surface area contributed by atoms with Crippen LogP contribution in [0.15, 0.2) is 36.7 Å². The highest BCUT2D eigenvalue weighted by molar-refractivity contribution is 6.29. The van der Waals surface area contributed by atoms with Gasteiger partial charge >= 0.3 is 0 Å². The molecule has 0 saturated carbocycles. The van der Waals surface area contributed by atoms with Gasteiger partial charge in [0, 0.05) is 43.6 Å². The number of hydrogen-bond acceptors (Lipinski definition) is 5. The molecule has 126 valence electrons. The SMILES string of the molecule is Nc1cc(C(=O)NC2CCN(Cc3ccncc3)CC2)cc(Cl)n1. The molecule has 0 radical (unpaired) electrons. The molecule has 0 spiro atoms. The van der Waals surface area contributed by atoms with Crippen LogP contribution in [0.2, 0.25) is 5.15 Å². The highest BCUT2D eigenvalue weighted by atomic mass is 35.5. The fourth-order valence-corrected chi connectivity index (χ4v) is 3.11. The molecule has 0 aromatic carbocycles. The number of likely N-dealkylation sites (tertiary alicyclic amines) is 1. The lowest BCUT2D eigenvalue weighted by Gasteiger charge is -2.32. The minimum Gasteiger partial charge on any atom is -0.384 e. The molecule has 2 aromatic heterocycles. The number of aromatic nitrogens is 2. The summed E-state index contributed by atoms with van der Waals surface area (Å²) < 4.78 is 0. The Morgan fingerprint density at radius 2 is 2.00 bits per heavy atom.